The van der Waals surface area contributed by atoms with Gasteiger partial charge in [-0.2, -0.15) is 4.37 Å². The lowest BCUT2D eigenvalue weighted by molar-refractivity contribution is 0.412. The van der Waals surface area contributed by atoms with Gasteiger partial charge in [0.15, 0.2) is 0 Å². The topological polar surface area (TPSA) is 32.3 Å². The summed E-state index contributed by atoms with van der Waals surface area (Å²) in [5.41, 5.74) is 1.18. The van der Waals surface area contributed by atoms with Gasteiger partial charge in [-0.05, 0) is 38.7 Å². The van der Waals surface area contributed by atoms with Crippen LogP contribution in [0.3, 0.4) is 0 Å². The van der Waals surface area contributed by atoms with Crippen LogP contribution in [0.15, 0.2) is 24.3 Å². The maximum Gasteiger partial charge on any atom is 0.205 e. The van der Waals surface area contributed by atoms with Gasteiger partial charge in [-0.3, -0.25) is 0 Å². The van der Waals surface area contributed by atoms with Crippen LogP contribution in [0.25, 0.3) is 0 Å². The van der Waals surface area contributed by atoms with E-state index in [1.807, 2.05) is 25.1 Å². The first-order valence-corrected chi connectivity index (χ1v) is 7.64. The standard InChI is InChI=1S/C14H19ClN4S/c1-11-16-14(20-17-11)19(8-7-18(2)3)10-12-5-4-6-13(15)9-12/h4-6,9H,7-8,10H2,1-3H3. The van der Waals surface area contributed by atoms with Gasteiger partial charge >= 0.3 is 0 Å². The first-order valence-electron chi connectivity index (χ1n) is 6.49. The predicted octanol–water partition coefficient (Wildman–Crippen LogP) is 3.07. The van der Waals surface area contributed by atoms with Gasteiger partial charge in [0, 0.05) is 36.2 Å². The number of rotatable bonds is 6. The molecule has 1 aromatic heterocycles. The Hall–Kier alpha value is -1.17. The van der Waals surface area contributed by atoms with Crippen molar-refractivity contribution in [1.82, 2.24) is 14.3 Å². The van der Waals surface area contributed by atoms with E-state index in [1.165, 1.54) is 17.1 Å². The van der Waals surface area contributed by atoms with Crippen LogP contribution in [0.2, 0.25) is 5.02 Å². The third kappa shape index (κ3) is 4.44. The lowest BCUT2D eigenvalue weighted by Gasteiger charge is -2.23. The van der Waals surface area contributed by atoms with Crippen molar-refractivity contribution < 1.29 is 0 Å². The van der Waals surface area contributed by atoms with Crippen LogP contribution >= 0.6 is 23.1 Å². The molecule has 0 N–H and O–H groups in total. The number of halogens is 1. The van der Waals surface area contributed by atoms with Gasteiger partial charge < -0.3 is 9.80 Å². The minimum absolute atomic E-state index is 0.767. The van der Waals surface area contributed by atoms with E-state index in [0.29, 0.717) is 0 Å². The predicted molar refractivity (Wildman–Crippen MR) is 85.7 cm³/mol. The number of benzene rings is 1. The molecule has 0 atom stereocenters. The quantitative estimate of drug-likeness (QED) is 0.821. The van der Waals surface area contributed by atoms with Crippen LogP contribution in [0, 0.1) is 6.92 Å². The van der Waals surface area contributed by atoms with Gasteiger partial charge in [0.05, 0.1) is 0 Å². The van der Waals surface area contributed by atoms with E-state index < -0.39 is 0 Å². The van der Waals surface area contributed by atoms with Crippen molar-refractivity contribution in [2.24, 2.45) is 0 Å². The molecule has 0 bridgehead atoms. The Morgan fingerprint density at radius 1 is 1.25 bits per heavy atom. The molecular weight excluding hydrogens is 292 g/mol. The van der Waals surface area contributed by atoms with E-state index >= 15 is 0 Å². The molecule has 0 aliphatic heterocycles. The summed E-state index contributed by atoms with van der Waals surface area (Å²) in [7, 11) is 4.14. The van der Waals surface area contributed by atoms with Gasteiger partial charge in [0.1, 0.15) is 5.82 Å². The van der Waals surface area contributed by atoms with E-state index in [-0.39, 0.29) is 0 Å². The van der Waals surface area contributed by atoms with Crippen LogP contribution in [0.5, 0.6) is 0 Å². The maximum absolute atomic E-state index is 6.05. The van der Waals surface area contributed by atoms with Crippen molar-refractivity contribution in [2.75, 3.05) is 32.1 Å². The Morgan fingerprint density at radius 2 is 2.05 bits per heavy atom. The first kappa shape index (κ1) is 15.2. The molecule has 1 heterocycles. The highest BCUT2D eigenvalue weighted by atomic mass is 35.5. The molecule has 0 amide bonds. The Labute approximate surface area is 129 Å². The number of hydrogen-bond donors (Lipinski definition) is 0. The lowest BCUT2D eigenvalue weighted by atomic mass is 10.2. The van der Waals surface area contributed by atoms with E-state index in [0.717, 1.165) is 35.6 Å². The summed E-state index contributed by atoms with van der Waals surface area (Å²) in [5.74, 6) is 0.825. The number of anilines is 1. The number of nitrogens with zero attached hydrogens (tertiary/aromatic N) is 4. The number of hydrogen-bond acceptors (Lipinski definition) is 5. The van der Waals surface area contributed by atoms with Crippen molar-refractivity contribution in [3.8, 4) is 0 Å². The fourth-order valence-electron chi connectivity index (χ4n) is 1.83. The Morgan fingerprint density at radius 3 is 2.65 bits per heavy atom. The van der Waals surface area contributed by atoms with Crippen LogP contribution in [0.1, 0.15) is 11.4 Å². The smallest absolute Gasteiger partial charge is 0.205 e. The van der Waals surface area contributed by atoms with Crippen LogP contribution < -0.4 is 4.90 Å². The molecule has 0 spiro atoms. The van der Waals surface area contributed by atoms with Gasteiger partial charge in [-0.25, -0.2) is 4.98 Å². The zero-order valence-corrected chi connectivity index (χ0v) is 13.6. The number of aryl methyl sites for hydroxylation is 1. The average molecular weight is 311 g/mol. The molecule has 0 aliphatic carbocycles. The summed E-state index contributed by atoms with van der Waals surface area (Å²) in [6.45, 7) is 4.60. The molecule has 0 unspecified atom stereocenters. The maximum atomic E-state index is 6.05. The number of likely N-dealkylation sites (N-methyl/N-ethyl adjacent to an activating group) is 1. The second-order valence-electron chi connectivity index (χ2n) is 4.98. The SMILES string of the molecule is Cc1nsc(N(CCN(C)C)Cc2cccc(Cl)c2)n1. The fraction of sp³-hybridized carbons (Fsp3) is 0.429. The highest BCUT2D eigenvalue weighted by molar-refractivity contribution is 7.09. The van der Waals surface area contributed by atoms with E-state index in [2.05, 4.69) is 39.3 Å². The molecule has 108 valence electrons. The monoisotopic (exact) mass is 310 g/mol. The van der Waals surface area contributed by atoms with Gasteiger partial charge in [0.25, 0.3) is 0 Å². The van der Waals surface area contributed by atoms with Crippen molar-refractivity contribution in [1.29, 1.82) is 0 Å². The van der Waals surface area contributed by atoms with Crippen LogP contribution in [-0.2, 0) is 6.54 Å². The summed E-state index contributed by atoms with van der Waals surface area (Å²) in [6.07, 6.45) is 0. The summed E-state index contributed by atoms with van der Waals surface area (Å²) >= 11 is 7.50. The van der Waals surface area contributed by atoms with E-state index in [1.54, 1.807) is 0 Å². The average Bonchev–Trinajstić information content (AvgIpc) is 2.81. The zero-order valence-electron chi connectivity index (χ0n) is 12.0. The van der Waals surface area contributed by atoms with E-state index in [9.17, 15) is 0 Å². The fourth-order valence-corrected chi connectivity index (χ4v) is 2.75. The second-order valence-corrected chi connectivity index (χ2v) is 6.15. The minimum Gasteiger partial charge on any atom is -0.341 e. The van der Waals surface area contributed by atoms with Crippen molar-refractivity contribution >= 4 is 28.3 Å². The highest BCUT2D eigenvalue weighted by Gasteiger charge is 2.12. The molecule has 0 saturated heterocycles. The zero-order chi connectivity index (χ0) is 14.5. The van der Waals surface area contributed by atoms with Gasteiger partial charge in [-0.15, -0.1) is 0 Å². The largest absolute Gasteiger partial charge is 0.341 e. The normalized spacial score (nSPS) is 11.1. The molecule has 0 saturated carbocycles. The molecule has 6 heteroatoms. The summed E-state index contributed by atoms with van der Waals surface area (Å²) in [6, 6.07) is 7.96. The summed E-state index contributed by atoms with van der Waals surface area (Å²) in [4.78, 5) is 8.90. The molecule has 0 radical (unpaired) electrons. The first-order chi connectivity index (χ1) is 9.54. The third-order valence-corrected chi connectivity index (χ3v) is 3.97. The minimum atomic E-state index is 0.767. The molecule has 1 aromatic carbocycles. The summed E-state index contributed by atoms with van der Waals surface area (Å²) in [5, 5.41) is 1.73. The second kappa shape index (κ2) is 7.02. The molecule has 0 aliphatic rings. The van der Waals surface area contributed by atoms with Gasteiger partial charge in [0.2, 0.25) is 5.13 Å². The van der Waals surface area contributed by atoms with Crippen molar-refractivity contribution in [2.45, 2.75) is 13.5 Å². The Kier molecular flexibility index (Phi) is 5.34. The Balaban J connectivity index is 2.13. The molecule has 2 aromatic rings. The highest BCUT2D eigenvalue weighted by Crippen LogP contribution is 2.20. The van der Waals surface area contributed by atoms with Crippen LogP contribution in [0.4, 0.5) is 5.13 Å². The molecule has 20 heavy (non-hydrogen) atoms. The van der Waals surface area contributed by atoms with Crippen molar-refractivity contribution in [3.05, 3.63) is 40.7 Å². The molecule has 2 rings (SSSR count). The van der Waals surface area contributed by atoms with E-state index in [4.69, 9.17) is 11.6 Å². The van der Waals surface area contributed by atoms with Crippen LogP contribution in [-0.4, -0.2) is 41.4 Å². The molecule has 4 nitrogen and oxygen atoms in total. The van der Waals surface area contributed by atoms with Gasteiger partial charge in [-0.1, -0.05) is 23.7 Å². The molecular formula is C14H19ClN4S. The lowest BCUT2D eigenvalue weighted by Crippen LogP contribution is -2.31. The third-order valence-electron chi connectivity index (χ3n) is 2.87. The number of aromatic nitrogens is 2. The Bertz CT molecular complexity index is 556. The summed E-state index contributed by atoms with van der Waals surface area (Å²) < 4.78 is 4.27. The molecule has 0 fully saturated rings. The van der Waals surface area contributed by atoms with Crippen molar-refractivity contribution in [3.63, 3.8) is 0 Å².